The lowest BCUT2D eigenvalue weighted by atomic mass is 10.2. The number of rotatable bonds is 3. The molecule has 0 radical (unpaired) electrons. The second kappa shape index (κ2) is 6.03. The Bertz CT molecular complexity index is 756. The van der Waals surface area contributed by atoms with Gasteiger partial charge in [-0.05, 0) is 24.3 Å². The van der Waals surface area contributed by atoms with Gasteiger partial charge in [0.1, 0.15) is 0 Å². The van der Waals surface area contributed by atoms with E-state index in [1.807, 2.05) is 17.5 Å². The van der Waals surface area contributed by atoms with Crippen molar-refractivity contribution in [2.45, 2.75) is 0 Å². The summed E-state index contributed by atoms with van der Waals surface area (Å²) >= 11 is 7.16. The Morgan fingerprint density at radius 1 is 1.10 bits per heavy atom. The summed E-state index contributed by atoms with van der Waals surface area (Å²) in [4.78, 5) is 20.4. The van der Waals surface area contributed by atoms with Crippen molar-refractivity contribution in [1.82, 2.24) is 9.97 Å². The predicted octanol–water partition coefficient (Wildman–Crippen LogP) is 4.11. The van der Waals surface area contributed by atoms with E-state index in [1.165, 1.54) is 11.3 Å². The molecule has 0 saturated heterocycles. The molecule has 0 fully saturated rings. The number of hydrogen-bond donors (Lipinski definition) is 1. The van der Waals surface area contributed by atoms with Gasteiger partial charge in [-0.2, -0.15) is 0 Å². The summed E-state index contributed by atoms with van der Waals surface area (Å²) in [5, 5.41) is 5.72. The second-order valence-corrected chi connectivity index (χ2v) is 5.53. The van der Waals surface area contributed by atoms with Crippen LogP contribution in [0.15, 0.2) is 54.2 Å². The average molecular weight is 316 g/mol. The first kappa shape index (κ1) is 13.7. The molecule has 1 amide bonds. The van der Waals surface area contributed by atoms with Crippen molar-refractivity contribution in [3.05, 3.63) is 64.2 Å². The summed E-state index contributed by atoms with van der Waals surface area (Å²) in [6, 6.07) is 10.8. The molecule has 1 aromatic carbocycles. The minimum atomic E-state index is -0.230. The Hall–Kier alpha value is -2.24. The zero-order chi connectivity index (χ0) is 14.7. The number of benzene rings is 1. The molecule has 2 aromatic heterocycles. The molecule has 0 aliphatic rings. The van der Waals surface area contributed by atoms with Gasteiger partial charge in [-0.15, -0.1) is 11.3 Å². The molecule has 3 rings (SSSR count). The number of aromatic nitrogens is 2. The monoisotopic (exact) mass is 315 g/mol. The number of thiazole rings is 1. The summed E-state index contributed by atoms with van der Waals surface area (Å²) in [7, 11) is 0. The summed E-state index contributed by atoms with van der Waals surface area (Å²) in [6.45, 7) is 0. The second-order valence-electron chi connectivity index (χ2n) is 4.23. The summed E-state index contributed by atoms with van der Waals surface area (Å²) in [5.41, 5.74) is 2.38. The SMILES string of the molecule is O=C(Nc1ccncc1)c1nc(-c2ccc(Cl)cc2)cs1. The molecule has 1 N–H and O–H groups in total. The highest BCUT2D eigenvalue weighted by atomic mass is 35.5. The van der Waals surface area contributed by atoms with Crippen molar-refractivity contribution in [2.24, 2.45) is 0 Å². The smallest absolute Gasteiger partial charge is 0.284 e. The van der Waals surface area contributed by atoms with E-state index in [1.54, 1.807) is 36.7 Å². The molecule has 21 heavy (non-hydrogen) atoms. The molecular formula is C15H10ClN3OS. The Morgan fingerprint density at radius 2 is 1.81 bits per heavy atom. The van der Waals surface area contributed by atoms with E-state index in [-0.39, 0.29) is 5.91 Å². The van der Waals surface area contributed by atoms with Gasteiger partial charge in [0.15, 0.2) is 5.01 Å². The van der Waals surface area contributed by atoms with E-state index in [2.05, 4.69) is 15.3 Å². The number of carbonyl (C=O) groups excluding carboxylic acids is 1. The Kier molecular flexibility index (Phi) is 3.94. The number of nitrogens with zero attached hydrogens (tertiary/aromatic N) is 2. The number of pyridine rings is 1. The minimum absolute atomic E-state index is 0.230. The van der Waals surface area contributed by atoms with E-state index >= 15 is 0 Å². The highest BCUT2D eigenvalue weighted by Gasteiger charge is 2.12. The molecule has 2 heterocycles. The third-order valence-electron chi connectivity index (χ3n) is 2.78. The van der Waals surface area contributed by atoms with Crippen LogP contribution in [0.2, 0.25) is 5.02 Å². The van der Waals surface area contributed by atoms with Gasteiger partial charge in [0.25, 0.3) is 5.91 Å². The van der Waals surface area contributed by atoms with Crippen LogP contribution in [0.4, 0.5) is 5.69 Å². The molecule has 0 bridgehead atoms. The largest absolute Gasteiger partial charge is 0.320 e. The molecular weight excluding hydrogens is 306 g/mol. The van der Waals surface area contributed by atoms with Crippen molar-refractivity contribution in [2.75, 3.05) is 5.32 Å². The van der Waals surface area contributed by atoms with Crippen molar-refractivity contribution in [3.63, 3.8) is 0 Å². The zero-order valence-electron chi connectivity index (χ0n) is 10.8. The Balaban J connectivity index is 1.78. The quantitative estimate of drug-likeness (QED) is 0.791. The number of amides is 1. The van der Waals surface area contributed by atoms with Crippen molar-refractivity contribution in [3.8, 4) is 11.3 Å². The van der Waals surface area contributed by atoms with Crippen molar-refractivity contribution in [1.29, 1.82) is 0 Å². The van der Waals surface area contributed by atoms with Gasteiger partial charge in [-0.1, -0.05) is 23.7 Å². The van der Waals surface area contributed by atoms with Gasteiger partial charge in [-0.3, -0.25) is 9.78 Å². The van der Waals surface area contributed by atoms with Crippen LogP contribution in [-0.4, -0.2) is 15.9 Å². The fourth-order valence-corrected chi connectivity index (χ4v) is 2.60. The first-order chi connectivity index (χ1) is 10.2. The van der Waals surface area contributed by atoms with Crippen LogP contribution < -0.4 is 5.32 Å². The first-order valence-corrected chi connectivity index (χ1v) is 7.41. The van der Waals surface area contributed by atoms with E-state index in [0.717, 1.165) is 11.3 Å². The number of anilines is 1. The van der Waals surface area contributed by atoms with E-state index < -0.39 is 0 Å². The number of hydrogen-bond acceptors (Lipinski definition) is 4. The van der Waals surface area contributed by atoms with Crippen LogP contribution in [0.3, 0.4) is 0 Å². The molecule has 0 atom stereocenters. The van der Waals surface area contributed by atoms with Gasteiger partial charge in [0.05, 0.1) is 5.69 Å². The van der Waals surface area contributed by atoms with Crippen LogP contribution >= 0.6 is 22.9 Å². The lowest BCUT2D eigenvalue weighted by Crippen LogP contribution is -2.11. The molecule has 104 valence electrons. The van der Waals surface area contributed by atoms with Gasteiger partial charge in [0, 0.05) is 34.0 Å². The fraction of sp³-hybridized carbons (Fsp3) is 0. The van der Waals surface area contributed by atoms with E-state index in [4.69, 9.17) is 11.6 Å². The van der Waals surface area contributed by atoms with E-state index in [9.17, 15) is 4.79 Å². The molecule has 4 nitrogen and oxygen atoms in total. The molecule has 6 heteroatoms. The fourth-order valence-electron chi connectivity index (χ4n) is 1.75. The van der Waals surface area contributed by atoms with Crippen LogP contribution in [0.5, 0.6) is 0 Å². The van der Waals surface area contributed by atoms with Gasteiger partial charge >= 0.3 is 0 Å². The number of nitrogens with one attached hydrogen (secondary N) is 1. The lowest BCUT2D eigenvalue weighted by Gasteiger charge is -2.01. The Labute approximate surface area is 130 Å². The maximum atomic E-state index is 12.1. The van der Waals surface area contributed by atoms with Crippen molar-refractivity contribution >= 4 is 34.5 Å². The lowest BCUT2D eigenvalue weighted by molar-refractivity contribution is 0.102. The van der Waals surface area contributed by atoms with Crippen LogP contribution in [0.1, 0.15) is 9.80 Å². The van der Waals surface area contributed by atoms with Crippen LogP contribution in [0.25, 0.3) is 11.3 Å². The highest BCUT2D eigenvalue weighted by Crippen LogP contribution is 2.24. The summed E-state index contributed by atoms with van der Waals surface area (Å²) < 4.78 is 0. The van der Waals surface area contributed by atoms with Crippen LogP contribution in [-0.2, 0) is 0 Å². The van der Waals surface area contributed by atoms with Gasteiger partial charge < -0.3 is 5.32 Å². The number of carbonyl (C=O) groups is 1. The molecule has 3 aromatic rings. The van der Waals surface area contributed by atoms with Gasteiger partial charge in [0.2, 0.25) is 0 Å². The standard InChI is InChI=1S/C15H10ClN3OS/c16-11-3-1-10(2-4-11)13-9-21-15(19-13)14(20)18-12-5-7-17-8-6-12/h1-9H,(H,17,18,20). The minimum Gasteiger partial charge on any atom is -0.320 e. The molecule has 0 saturated carbocycles. The maximum Gasteiger partial charge on any atom is 0.284 e. The topological polar surface area (TPSA) is 54.9 Å². The first-order valence-electron chi connectivity index (χ1n) is 6.15. The molecule has 0 spiro atoms. The third-order valence-corrected chi connectivity index (χ3v) is 3.87. The Morgan fingerprint density at radius 3 is 2.52 bits per heavy atom. The van der Waals surface area contributed by atoms with Gasteiger partial charge in [-0.25, -0.2) is 4.98 Å². The molecule has 0 aliphatic carbocycles. The highest BCUT2D eigenvalue weighted by molar-refractivity contribution is 7.12. The average Bonchev–Trinajstić information content (AvgIpc) is 2.99. The van der Waals surface area contributed by atoms with Crippen molar-refractivity contribution < 1.29 is 4.79 Å². The zero-order valence-corrected chi connectivity index (χ0v) is 12.4. The number of halogens is 1. The summed E-state index contributed by atoms with van der Waals surface area (Å²) in [5.74, 6) is -0.230. The maximum absolute atomic E-state index is 12.1. The predicted molar refractivity (Wildman–Crippen MR) is 84.8 cm³/mol. The third kappa shape index (κ3) is 3.26. The normalized spacial score (nSPS) is 10.3. The molecule has 0 aliphatic heterocycles. The van der Waals surface area contributed by atoms with E-state index in [0.29, 0.717) is 15.7 Å². The molecule has 0 unspecified atom stereocenters. The summed E-state index contributed by atoms with van der Waals surface area (Å²) in [6.07, 6.45) is 3.24. The van der Waals surface area contributed by atoms with Crippen LogP contribution in [0, 0.1) is 0 Å².